The van der Waals surface area contributed by atoms with Crippen molar-refractivity contribution in [2.45, 2.75) is 168 Å². The van der Waals surface area contributed by atoms with Gasteiger partial charge in [-0.05, 0) is 32.1 Å². The minimum Gasteiger partial charge on any atom is -0.462 e. The van der Waals surface area contributed by atoms with Crippen LogP contribution < -0.4 is 0 Å². The van der Waals surface area contributed by atoms with Gasteiger partial charge in [0.25, 0.3) is 0 Å². The molecule has 0 aliphatic heterocycles. The number of carbonyl (C=O) groups is 2. The topological polar surface area (TPSA) is 119 Å². The molecule has 0 aromatic heterocycles. The van der Waals surface area contributed by atoms with Crippen LogP contribution in [0.5, 0.6) is 0 Å². The molecule has 0 aliphatic rings. The lowest BCUT2D eigenvalue weighted by molar-refractivity contribution is -0.161. The van der Waals surface area contributed by atoms with Crippen LogP contribution in [0.25, 0.3) is 0 Å². The summed E-state index contributed by atoms with van der Waals surface area (Å²) in [7, 11) is -4.74. The van der Waals surface area contributed by atoms with Crippen molar-refractivity contribution < 1.29 is 37.9 Å². The van der Waals surface area contributed by atoms with Crippen molar-refractivity contribution in [3.05, 3.63) is 12.2 Å². The fourth-order valence-electron chi connectivity index (χ4n) is 4.53. The Labute approximate surface area is 250 Å². The second-order valence-corrected chi connectivity index (χ2v) is 12.4. The highest BCUT2D eigenvalue weighted by molar-refractivity contribution is 7.46. The van der Waals surface area contributed by atoms with Crippen molar-refractivity contribution >= 4 is 19.8 Å². The van der Waals surface area contributed by atoms with Crippen molar-refractivity contribution in [1.29, 1.82) is 0 Å². The Bertz CT molecular complexity index is 691. The van der Waals surface area contributed by atoms with Gasteiger partial charge in [-0.25, -0.2) is 4.57 Å². The van der Waals surface area contributed by atoms with Crippen LogP contribution in [0.4, 0.5) is 0 Å². The summed E-state index contributed by atoms with van der Waals surface area (Å²) in [5, 5.41) is 0. The molecule has 1 unspecified atom stereocenters. The summed E-state index contributed by atoms with van der Waals surface area (Å²) in [6.45, 7) is 3.61. The summed E-state index contributed by atoms with van der Waals surface area (Å²) in [6, 6.07) is 0. The van der Waals surface area contributed by atoms with Crippen molar-refractivity contribution in [1.82, 2.24) is 0 Å². The largest absolute Gasteiger partial charge is 0.469 e. The predicted molar refractivity (Wildman–Crippen MR) is 166 cm³/mol. The Hall–Kier alpha value is -1.21. The molecule has 242 valence electrons. The Morgan fingerprint density at radius 3 is 1.56 bits per heavy atom. The van der Waals surface area contributed by atoms with E-state index < -0.39 is 32.5 Å². The number of hydrogen-bond donors (Lipinski definition) is 2. The number of phosphoric ester groups is 1. The molecule has 0 heterocycles. The molecule has 0 saturated carbocycles. The van der Waals surface area contributed by atoms with Crippen LogP contribution >= 0.6 is 7.82 Å². The summed E-state index contributed by atoms with van der Waals surface area (Å²) in [5.74, 6) is -0.894. The summed E-state index contributed by atoms with van der Waals surface area (Å²) >= 11 is 0. The van der Waals surface area contributed by atoms with E-state index in [2.05, 4.69) is 30.5 Å². The van der Waals surface area contributed by atoms with Crippen LogP contribution in [0, 0.1) is 0 Å². The summed E-state index contributed by atoms with van der Waals surface area (Å²) in [6.07, 6.45) is 27.9. The molecule has 0 fully saturated rings. The second kappa shape index (κ2) is 28.9. The molecule has 0 aliphatic carbocycles. The molecule has 0 aromatic rings. The Morgan fingerprint density at radius 2 is 1.05 bits per heavy atom. The van der Waals surface area contributed by atoms with Crippen molar-refractivity contribution in [2.24, 2.45) is 0 Å². The zero-order valence-corrected chi connectivity index (χ0v) is 27.1. The van der Waals surface area contributed by atoms with Gasteiger partial charge in [-0.3, -0.25) is 14.1 Å². The highest BCUT2D eigenvalue weighted by atomic mass is 31.2. The lowest BCUT2D eigenvalue weighted by Crippen LogP contribution is -2.29. The lowest BCUT2D eigenvalue weighted by Gasteiger charge is -2.18. The first-order chi connectivity index (χ1) is 19.8. The first kappa shape index (κ1) is 39.8. The standard InChI is InChI=1S/C32H61O8P/c1-3-5-7-9-11-13-15-17-18-20-22-24-26-31(33)38-28-30(29-39-41(35,36)37)40-32(34)27-25-23-21-19-16-14-12-10-8-6-4-2/h10,12,30H,3-9,11,13-29H2,1-2H3,(H2,35,36,37)/b12-10-. The van der Waals surface area contributed by atoms with Gasteiger partial charge >= 0.3 is 19.8 Å². The second-order valence-electron chi connectivity index (χ2n) is 11.1. The van der Waals surface area contributed by atoms with E-state index in [1.165, 1.54) is 70.6 Å². The molecule has 0 amide bonds. The molecular weight excluding hydrogens is 543 g/mol. The zero-order chi connectivity index (χ0) is 30.4. The maximum absolute atomic E-state index is 12.3. The van der Waals surface area contributed by atoms with Crippen LogP contribution in [-0.4, -0.2) is 41.0 Å². The van der Waals surface area contributed by atoms with Gasteiger partial charge in [0.05, 0.1) is 6.61 Å². The third kappa shape index (κ3) is 31.6. The maximum Gasteiger partial charge on any atom is 0.469 e. The highest BCUT2D eigenvalue weighted by Crippen LogP contribution is 2.35. The van der Waals surface area contributed by atoms with E-state index in [0.717, 1.165) is 57.8 Å². The van der Waals surface area contributed by atoms with E-state index in [1.54, 1.807) is 0 Å². The van der Waals surface area contributed by atoms with Crippen LogP contribution in [0.3, 0.4) is 0 Å². The van der Waals surface area contributed by atoms with Gasteiger partial charge in [-0.1, -0.05) is 129 Å². The molecule has 1 atom stereocenters. The lowest BCUT2D eigenvalue weighted by atomic mass is 10.0. The zero-order valence-electron chi connectivity index (χ0n) is 26.2. The molecule has 0 saturated heterocycles. The monoisotopic (exact) mass is 604 g/mol. The predicted octanol–water partition coefficient (Wildman–Crippen LogP) is 9.12. The van der Waals surface area contributed by atoms with Crippen molar-refractivity contribution in [2.75, 3.05) is 13.2 Å². The number of allylic oxidation sites excluding steroid dienone is 2. The van der Waals surface area contributed by atoms with E-state index in [4.69, 9.17) is 19.3 Å². The van der Waals surface area contributed by atoms with Gasteiger partial charge < -0.3 is 19.3 Å². The molecule has 0 aromatic carbocycles. The van der Waals surface area contributed by atoms with E-state index in [1.807, 2.05) is 0 Å². The number of phosphoric acid groups is 1. The normalized spacial score (nSPS) is 12.6. The van der Waals surface area contributed by atoms with Crippen LogP contribution in [0.1, 0.15) is 162 Å². The quantitative estimate of drug-likeness (QED) is 0.0360. The Morgan fingerprint density at radius 1 is 0.610 bits per heavy atom. The highest BCUT2D eigenvalue weighted by Gasteiger charge is 2.22. The minimum absolute atomic E-state index is 0.204. The van der Waals surface area contributed by atoms with Crippen molar-refractivity contribution in [3.8, 4) is 0 Å². The van der Waals surface area contributed by atoms with E-state index in [9.17, 15) is 14.2 Å². The molecule has 2 N–H and O–H groups in total. The van der Waals surface area contributed by atoms with Gasteiger partial charge in [0.15, 0.2) is 6.10 Å². The maximum atomic E-state index is 12.3. The Balaban J connectivity index is 4.02. The number of ether oxygens (including phenoxy) is 2. The van der Waals surface area contributed by atoms with Gasteiger partial charge in [0.1, 0.15) is 6.61 Å². The summed E-state index contributed by atoms with van der Waals surface area (Å²) in [5.41, 5.74) is 0. The van der Waals surface area contributed by atoms with Crippen LogP contribution in [-0.2, 0) is 28.2 Å². The fraction of sp³-hybridized carbons (Fsp3) is 0.875. The van der Waals surface area contributed by atoms with Gasteiger partial charge in [0.2, 0.25) is 0 Å². The molecule has 9 heteroatoms. The SMILES string of the molecule is CCCC/C=C\CCCCCCCC(=O)OC(COC(=O)CCCCCCCCCCCCCC)COP(=O)(O)O. The number of carbonyl (C=O) groups excluding carboxylic acids is 2. The first-order valence-corrected chi connectivity index (χ1v) is 18.0. The number of esters is 2. The average Bonchev–Trinajstić information content (AvgIpc) is 2.93. The summed E-state index contributed by atoms with van der Waals surface area (Å²) < 4.78 is 26.1. The average molecular weight is 605 g/mol. The summed E-state index contributed by atoms with van der Waals surface area (Å²) in [4.78, 5) is 42.4. The molecule has 0 rings (SSSR count). The third-order valence-electron chi connectivity index (χ3n) is 7.03. The van der Waals surface area contributed by atoms with E-state index in [-0.39, 0.29) is 19.4 Å². The Kier molecular flexibility index (Phi) is 28.0. The van der Waals surface area contributed by atoms with E-state index in [0.29, 0.717) is 6.42 Å². The number of rotatable bonds is 30. The van der Waals surface area contributed by atoms with Gasteiger partial charge in [0, 0.05) is 12.8 Å². The molecule has 0 spiro atoms. The molecule has 8 nitrogen and oxygen atoms in total. The van der Waals surface area contributed by atoms with E-state index >= 15 is 0 Å². The number of hydrogen-bond acceptors (Lipinski definition) is 6. The molecule has 0 radical (unpaired) electrons. The fourth-order valence-corrected chi connectivity index (χ4v) is 4.89. The van der Waals surface area contributed by atoms with Crippen LogP contribution in [0.15, 0.2) is 12.2 Å². The van der Waals surface area contributed by atoms with Gasteiger partial charge in [-0.15, -0.1) is 0 Å². The number of unbranched alkanes of at least 4 members (excludes halogenated alkanes) is 18. The van der Waals surface area contributed by atoms with Gasteiger partial charge in [-0.2, -0.15) is 0 Å². The van der Waals surface area contributed by atoms with Crippen molar-refractivity contribution in [3.63, 3.8) is 0 Å². The molecule has 0 bridgehead atoms. The third-order valence-corrected chi connectivity index (χ3v) is 7.52. The first-order valence-electron chi connectivity index (χ1n) is 16.5. The smallest absolute Gasteiger partial charge is 0.462 e. The molecule has 41 heavy (non-hydrogen) atoms. The van der Waals surface area contributed by atoms with Crippen LogP contribution in [0.2, 0.25) is 0 Å². The molecular formula is C32H61O8P. The minimum atomic E-state index is -4.74.